The summed E-state index contributed by atoms with van der Waals surface area (Å²) in [6.07, 6.45) is 5.20. The quantitative estimate of drug-likeness (QED) is 0.482. The molecule has 1 amide bonds. The van der Waals surface area contributed by atoms with E-state index >= 15 is 0 Å². The Labute approximate surface area is 126 Å². The van der Waals surface area contributed by atoms with E-state index in [1.165, 1.54) is 0 Å². The van der Waals surface area contributed by atoms with Crippen LogP contribution in [0.15, 0.2) is 0 Å². The first-order valence-corrected chi connectivity index (χ1v) is 7.91. The Hall–Kier alpha value is -0.690. The summed E-state index contributed by atoms with van der Waals surface area (Å²) in [5, 5.41) is 3.44. The van der Waals surface area contributed by atoms with Crippen molar-refractivity contribution in [3.63, 3.8) is 0 Å². The third kappa shape index (κ3) is 5.21. The predicted octanol–water partition coefficient (Wildman–Crippen LogP) is 0.442. The summed E-state index contributed by atoms with van der Waals surface area (Å²) in [6, 6.07) is 0.444. The van der Waals surface area contributed by atoms with E-state index in [-0.39, 0.29) is 5.91 Å². The smallest absolute Gasteiger partial charge is 0.240 e. The van der Waals surface area contributed by atoms with Crippen LogP contribution in [0.5, 0.6) is 0 Å². The fourth-order valence-corrected chi connectivity index (χ4v) is 2.53. The van der Waals surface area contributed by atoms with Gasteiger partial charge in [-0.25, -0.2) is 0 Å². The lowest BCUT2D eigenvalue weighted by molar-refractivity contribution is -0.128. The first-order valence-electron chi connectivity index (χ1n) is 7.91. The molecule has 3 N–H and O–H groups in total. The highest BCUT2D eigenvalue weighted by atomic mass is 16.5. The summed E-state index contributed by atoms with van der Waals surface area (Å²) in [6.45, 7) is 2.82. The van der Waals surface area contributed by atoms with Gasteiger partial charge in [0.15, 0.2) is 0 Å². The second kappa shape index (κ2) is 8.08. The van der Waals surface area contributed by atoms with Crippen LogP contribution in [0.4, 0.5) is 0 Å². The minimum absolute atomic E-state index is 0.270. The largest absolute Gasteiger partial charge is 0.382 e. The molecule has 2 saturated carbocycles. The van der Waals surface area contributed by atoms with Crippen molar-refractivity contribution in [1.29, 1.82) is 0 Å². The number of primary amides is 1. The normalized spacial score (nSPS) is 21.2. The van der Waals surface area contributed by atoms with Gasteiger partial charge in [0.05, 0.1) is 19.8 Å². The van der Waals surface area contributed by atoms with Crippen molar-refractivity contribution in [3.05, 3.63) is 0 Å². The molecule has 0 spiro atoms. The molecule has 2 aliphatic carbocycles. The highest BCUT2D eigenvalue weighted by Gasteiger charge is 2.52. The van der Waals surface area contributed by atoms with Gasteiger partial charge in [0.25, 0.3) is 0 Å². The maximum Gasteiger partial charge on any atom is 0.240 e. The summed E-state index contributed by atoms with van der Waals surface area (Å²) in [7, 11) is 1.65. The molecule has 6 nitrogen and oxygen atoms in total. The third-order valence-corrected chi connectivity index (χ3v) is 4.09. The number of nitrogens with two attached hydrogens (primary N) is 1. The average Bonchev–Trinajstić information content (AvgIpc) is 3.33. The number of carbonyl (C=O) groups is 1. The van der Waals surface area contributed by atoms with Crippen LogP contribution in [-0.4, -0.2) is 57.6 Å². The van der Waals surface area contributed by atoms with Crippen molar-refractivity contribution < 1.29 is 19.0 Å². The van der Waals surface area contributed by atoms with Crippen LogP contribution in [0.2, 0.25) is 0 Å². The van der Waals surface area contributed by atoms with Crippen LogP contribution in [0.25, 0.3) is 0 Å². The van der Waals surface area contributed by atoms with Gasteiger partial charge < -0.3 is 19.9 Å². The molecule has 2 fully saturated rings. The van der Waals surface area contributed by atoms with Gasteiger partial charge in [-0.2, -0.15) is 0 Å². The fraction of sp³-hybridized carbons (Fsp3) is 0.933. The number of hydrogen-bond donors (Lipinski definition) is 2. The Balaban J connectivity index is 1.66. The van der Waals surface area contributed by atoms with E-state index in [0.29, 0.717) is 45.0 Å². The zero-order valence-corrected chi connectivity index (χ0v) is 12.9. The SMILES string of the molecule is COCCOCCCOCC(NC1CC1)(C(N)=O)C1CC1. The van der Waals surface area contributed by atoms with Gasteiger partial charge in [-0.05, 0) is 38.0 Å². The summed E-state index contributed by atoms with van der Waals surface area (Å²) in [4.78, 5) is 11.9. The number of hydrogen-bond acceptors (Lipinski definition) is 5. The third-order valence-electron chi connectivity index (χ3n) is 4.09. The molecule has 0 aliphatic heterocycles. The Morgan fingerprint density at radius 1 is 1.14 bits per heavy atom. The molecule has 0 radical (unpaired) electrons. The zero-order chi connectivity index (χ0) is 15.1. The molecule has 0 aromatic heterocycles. The lowest BCUT2D eigenvalue weighted by Crippen LogP contribution is -2.61. The van der Waals surface area contributed by atoms with Crippen LogP contribution in [0.1, 0.15) is 32.1 Å². The molecule has 2 aliphatic rings. The molecule has 0 saturated heterocycles. The monoisotopic (exact) mass is 300 g/mol. The first-order chi connectivity index (χ1) is 10.2. The topological polar surface area (TPSA) is 82.8 Å². The van der Waals surface area contributed by atoms with Crippen molar-refractivity contribution in [1.82, 2.24) is 5.32 Å². The summed E-state index contributed by atoms with van der Waals surface area (Å²) in [5.41, 5.74) is 5.01. The van der Waals surface area contributed by atoms with Gasteiger partial charge in [0.1, 0.15) is 5.54 Å². The molecule has 6 heteroatoms. The van der Waals surface area contributed by atoms with E-state index in [4.69, 9.17) is 19.9 Å². The Bertz CT molecular complexity index is 332. The second-order valence-corrected chi connectivity index (χ2v) is 6.04. The molecular weight excluding hydrogens is 272 g/mol. The summed E-state index contributed by atoms with van der Waals surface area (Å²) >= 11 is 0. The molecular formula is C15H28N2O4. The lowest BCUT2D eigenvalue weighted by atomic mass is 9.93. The van der Waals surface area contributed by atoms with Crippen LogP contribution >= 0.6 is 0 Å². The molecule has 0 bridgehead atoms. The van der Waals surface area contributed by atoms with Crippen molar-refractivity contribution in [3.8, 4) is 0 Å². The fourth-order valence-electron chi connectivity index (χ4n) is 2.53. The minimum atomic E-state index is -0.655. The van der Waals surface area contributed by atoms with Gasteiger partial charge in [-0.1, -0.05) is 0 Å². The maximum atomic E-state index is 11.9. The molecule has 0 aromatic rings. The Kier molecular flexibility index (Phi) is 6.41. The average molecular weight is 300 g/mol. The Morgan fingerprint density at radius 2 is 1.86 bits per heavy atom. The van der Waals surface area contributed by atoms with E-state index in [2.05, 4.69) is 5.32 Å². The maximum absolute atomic E-state index is 11.9. The number of amides is 1. The van der Waals surface area contributed by atoms with E-state index in [9.17, 15) is 4.79 Å². The molecule has 1 atom stereocenters. The Morgan fingerprint density at radius 3 is 2.43 bits per heavy atom. The number of methoxy groups -OCH3 is 1. The molecule has 122 valence electrons. The summed E-state index contributed by atoms with van der Waals surface area (Å²) < 4.78 is 16.0. The number of ether oxygens (including phenoxy) is 3. The number of carbonyl (C=O) groups excluding carboxylic acids is 1. The van der Waals surface area contributed by atoms with Crippen LogP contribution in [0.3, 0.4) is 0 Å². The van der Waals surface area contributed by atoms with Crippen molar-refractivity contribution in [2.45, 2.75) is 43.7 Å². The van der Waals surface area contributed by atoms with Gasteiger partial charge >= 0.3 is 0 Å². The van der Waals surface area contributed by atoms with Gasteiger partial charge in [-0.15, -0.1) is 0 Å². The van der Waals surface area contributed by atoms with E-state index in [1.807, 2.05) is 0 Å². The predicted molar refractivity (Wildman–Crippen MR) is 78.9 cm³/mol. The van der Waals surface area contributed by atoms with E-state index < -0.39 is 5.54 Å². The standard InChI is InChI=1S/C15H28N2O4/c1-19-9-10-20-7-2-8-21-11-15(14(16)18,12-3-4-12)17-13-5-6-13/h12-13,17H,2-11H2,1H3,(H2,16,18). The minimum Gasteiger partial charge on any atom is -0.382 e. The highest BCUT2D eigenvalue weighted by Crippen LogP contribution is 2.41. The second-order valence-electron chi connectivity index (χ2n) is 6.04. The van der Waals surface area contributed by atoms with Crippen molar-refractivity contribution in [2.24, 2.45) is 11.7 Å². The van der Waals surface area contributed by atoms with E-state index in [0.717, 1.165) is 32.1 Å². The lowest BCUT2D eigenvalue weighted by Gasteiger charge is -2.32. The highest BCUT2D eigenvalue weighted by molar-refractivity contribution is 5.86. The van der Waals surface area contributed by atoms with Crippen molar-refractivity contribution >= 4 is 5.91 Å². The number of nitrogens with one attached hydrogen (secondary N) is 1. The van der Waals surface area contributed by atoms with Gasteiger partial charge in [0.2, 0.25) is 5.91 Å². The van der Waals surface area contributed by atoms with Crippen LogP contribution in [-0.2, 0) is 19.0 Å². The van der Waals surface area contributed by atoms with Crippen LogP contribution in [0, 0.1) is 5.92 Å². The van der Waals surface area contributed by atoms with Gasteiger partial charge in [0, 0.05) is 26.4 Å². The van der Waals surface area contributed by atoms with Crippen molar-refractivity contribution in [2.75, 3.05) is 40.1 Å². The van der Waals surface area contributed by atoms with Gasteiger partial charge in [-0.3, -0.25) is 10.1 Å². The first kappa shape index (κ1) is 16.7. The molecule has 1 unspecified atom stereocenters. The van der Waals surface area contributed by atoms with Crippen LogP contribution < -0.4 is 11.1 Å². The molecule has 2 rings (SSSR count). The van der Waals surface area contributed by atoms with E-state index in [1.54, 1.807) is 7.11 Å². The number of rotatable bonds is 13. The zero-order valence-electron chi connectivity index (χ0n) is 12.9. The summed E-state index contributed by atoms with van der Waals surface area (Å²) in [5.74, 6) is 0.0711. The molecule has 0 aromatic carbocycles. The molecule has 0 heterocycles. The molecule has 21 heavy (non-hydrogen) atoms.